The summed E-state index contributed by atoms with van der Waals surface area (Å²) in [6.45, 7) is 1.83. The number of ether oxygens (including phenoxy) is 1. The summed E-state index contributed by atoms with van der Waals surface area (Å²) in [6.07, 6.45) is 6.87. The number of amides is 1. The second kappa shape index (κ2) is 8.39. The Balaban J connectivity index is 1.54. The average Bonchev–Trinajstić information content (AvgIpc) is 3.46. The monoisotopic (exact) mass is 383 g/mol. The molecule has 4 rings (SSSR count). The van der Waals surface area contributed by atoms with Gasteiger partial charge in [-0.1, -0.05) is 18.2 Å². The smallest absolute Gasteiger partial charge is 0.290 e. The Morgan fingerprint density at radius 1 is 1.29 bits per heavy atom. The van der Waals surface area contributed by atoms with Gasteiger partial charge in [-0.15, -0.1) is 0 Å². The summed E-state index contributed by atoms with van der Waals surface area (Å²) < 4.78 is 26.9. The lowest BCUT2D eigenvalue weighted by Crippen LogP contribution is -2.37. The largest absolute Gasteiger partial charge is 0.459 e. The number of hydrogen-bond donors (Lipinski definition) is 0. The molecule has 1 unspecified atom stereocenters. The van der Waals surface area contributed by atoms with Gasteiger partial charge >= 0.3 is 0 Å². The third-order valence-corrected chi connectivity index (χ3v) is 4.90. The van der Waals surface area contributed by atoms with E-state index in [0.29, 0.717) is 31.0 Å². The van der Waals surface area contributed by atoms with Gasteiger partial charge in [-0.3, -0.25) is 4.79 Å². The Hall–Kier alpha value is -2.93. The first kappa shape index (κ1) is 18.4. The molecule has 2 aromatic heterocycles. The standard InChI is InChI=1S/C21H22FN3O3/c22-18-7-2-1-5-16(18)13-24-10-9-23-20(24)15-25(14-17-6-3-11-27-17)21(26)19-8-4-12-28-19/h1-2,4-5,7-10,12,17H,3,6,11,13-15H2. The van der Waals surface area contributed by atoms with Gasteiger partial charge < -0.3 is 18.6 Å². The topological polar surface area (TPSA) is 60.5 Å². The zero-order valence-corrected chi connectivity index (χ0v) is 15.5. The zero-order valence-electron chi connectivity index (χ0n) is 15.5. The molecule has 3 aromatic rings. The van der Waals surface area contributed by atoms with E-state index in [0.717, 1.165) is 19.4 Å². The van der Waals surface area contributed by atoms with Crippen molar-refractivity contribution in [1.29, 1.82) is 0 Å². The van der Waals surface area contributed by atoms with Crippen molar-refractivity contribution in [1.82, 2.24) is 14.5 Å². The van der Waals surface area contributed by atoms with Crippen LogP contribution in [0.2, 0.25) is 0 Å². The molecule has 0 aliphatic carbocycles. The molecule has 0 radical (unpaired) electrons. The zero-order chi connectivity index (χ0) is 19.3. The van der Waals surface area contributed by atoms with Gasteiger partial charge in [0.05, 0.1) is 25.5 Å². The maximum absolute atomic E-state index is 14.0. The lowest BCUT2D eigenvalue weighted by Gasteiger charge is -2.24. The highest BCUT2D eigenvalue weighted by Gasteiger charge is 2.26. The quantitative estimate of drug-likeness (QED) is 0.627. The third kappa shape index (κ3) is 4.14. The Labute approximate surface area is 162 Å². The maximum atomic E-state index is 14.0. The normalized spacial score (nSPS) is 16.4. The first-order valence-corrected chi connectivity index (χ1v) is 9.38. The summed E-state index contributed by atoms with van der Waals surface area (Å²) in [5.74, 6) is 0.498. The Morgan fingerprint density at radius 3 is 2.93 bits per heavy atom. The van der Waals surface area contributed by atoms with Crippen LogP contribution in [-0.2, 0) is 17.8 Å². The first-order chi connectivity index (χ1) is 13.7. The van der Waals surface area contributed by atoms with Crippen LogP contribution in [0.3, 0.4) is 0 Å². The van der Waals surface area contributed by atoms with Crippen LogP contribution >= 0.6 is 0 Å². The highest BCUT2D eigenvalue weighted by molar-refractivity contribution is 5.91. The van der Waals surface area contributed by atoms with Gasteiger partial charge in [0.2, 0.25) is 0 Å². The lowest BCUT2D eigenvalue weighted by molar-refractivity contribution is 0.0475. The molecule has 0 saturated carbocycles. The van der Waals surface area contributed by atoms with E-state index in [-0.39, 0.29) is 23.6 Å². The van der Waals surface area contributed by atoms with Crippen LogP contribution in [0.25, 0.3) is 0 Å². The average molecular weight is 383 g/mol. The van der Waals surface area contributed by atoms with Crippen LogP contribution in [0.15, 0.2) is 59.5 Å². The van der Waals surface area contributed by atoms with Crippen molar-refractivity contribution < 1.29 is 18.3 Å². The van der Waals surface area contributed by atoms with Crippen LogP contribution in [0, 0.1) is 5.82 Å². The van der Waals surface area contributed by atoms with E-state index < -0.39 is 0 Å². The third-order valence-electron chi connectivity index (χ3n) is 4.90. The van der Waals surface area contributed by atoms with E-state index >= 15 is 0 Å². The molecule has 7 heteroatoms. The highest BCUT2D eigenvalue weighted by atomic mass is 19.1. The van der Waals surface area contributed by atoms with Gasteiger partial charge in [0.1, 0.15) is 11.6 Å². The molecule has 1 fully saturated rings. The molecule has 3 heterocycles. The van der Waals surface area contributed by atoms with Crippen molar-refractivity contribution in [3.05, 3.63) is 78.0 Å². The molecule has 1 saturated heterocycles. The van der Waals surface area contributed by atoms with Crippen molar-refractivity contribution in [3.8, 4) is 0 Å². The van der Waals surface area contributed by atoms with Crippen molar-refractivity contribution in [2.24, 2.45) is 0 Å². The molecule has 1 aromatic carbocycles. The van der Waals surface area contributed by atoms with Crippen molar-refractivity contribution in [2.75, 3.05) is 13.2 Å². The van der Waals surface area contributed by atoms with Crippen LogP contribution in [0.1, 0.15) is 34.8 Å². The maximum Gasteiger partial charge on any atom is 0.290 e. The summed E-state index contributed by atoms with van der Waals surface area (Å²) in [5, 5.41) is 0. The first-order valence-electron chi connectivity index (χ1n) is 9.38. The second-order valence-electron chi connectivity index (χ2n) is 6.86. The van der Waals surface area contributed by atoms with Gasteiger partial charge in [0.15, 0.2) is 5.76 Å². The molecular formula is C21H22FN3O3. The molecule has 146 valence electrons. The van der Waals surface area contributed by atoms with E-state index in [1.165, 1.54) is 12.3 Å². The minimum atomic E-state index is -0.259. The fourth-order valence-electron chi connectivity index (χ4n) is 3.43. The van der Waals surface area contributed by atoms with E-state index in [9.17, 15) is 9.18 Å². The van der Waals surface area contributed by atoms with Gasteiger partial charge in [-0.2, -0.15) is 0 Å². The van der Waals surface area contributed by atoms with Crippen molar-refractivity contribution in [3.63, 3.8) is 0 Å². The molecule has 1 atom stereocenters. The van der Waals surface area contributed by atoms with Crippen LogP contribution in [-0.4, -0.2) is 39.6 Å². The number of benzene rings is 1. The Morgan fingerprint density at radius 2 is 2.18 bits per heavy atom. The molecule has 1 amide bonds. The SMILES string of the molecule is O=C(c1ccco1)N(Cc1nccn1Cc1ccccc1F)CC1CCCO1. The van der Waals surface area contributed by atoms with Crippen LogP contribution in [0.4, 0.5) is 4.39 Å². The summed E-state index contributed by atoms with van der Waals surface area (Å²) in [6, 6.07) is 10.00. The lowest BCUT2D eigenvalue weighted by atomic mass is 10.2. The molecule has 1 aliphatic rings. The number of carbonyl (C=O) groups excluding carboxylic acids is 1. The molecule has 6 nitrogen and oxygen atoms in total. The number of imidazole rings is 1. The molecule has 1 aliphatic heterocycles. The number of halogens is 1. The van der Waals surface area contributed by atoms with E-state index in [1.807, 2.05) is 4.57 Å². The van der Waals surface area contributed by atoms with Crippen molar-refractivity contribution in [2.45, 2.75) is 32.0 Å². The number of aromatic nitrogens is 2. The van der Waals surface area contributed by atoms with Crippen LogP contribution < -0.4 is 0 Å². The number of carbonyl (C=O) groups is 1. The Bertz CT molecular complexity index is 917. The summed E-state index contributed by atoms with van der Waals surface area (Å²) in [5.41, 5.74) is 0.574. The predicted molar refractivity (Wildman–Crippen MR) is 100 cm³/mol. The fourth-order valence-corrected chi connectivity index (χ4v) is 3.43. The molecule has 0 bridgehead atoms. The summed E-state index contributed by atoms with van der Waals surface area (Å²) in [7, 11) is 0. The number of nitrogens with zero attached hydrogens (tertiary/aromatic N) is 3. The minimum Gasteiger partial charge on any atom is -0.459 e. The second-order valence-corrected chi connectivity index (χ2v) is 6.86. The molecule has 0 spiro atoms. The fraction of sp³-hybridized carbons (Fsp3) is 0.333. The van der Waals surface area contributed by atoms with Crippen molar-refractivity contribution >= 4 is 5.91 Å². The van der Waals surface area contributed by atoms with Gasteiger partial charge in [0.25, 0.3) is 5.91 Å². The van der Waals surface area contributed by atoms with Gasteiger partial charge in [0, 0.05) is 31.1 Å². The Kier molecular flexibility index (Phi) is 5.53. The molecule has 0 N–H and O–H groups in total. The van der Waals surface area contributed by atoms with Crippen LogP contribution in [0.5, 0.6) is 0 Å². The van der Waals surface area contributed by atoms with Gasteiger partial charge in [-0.25, -0.2) is 9.37 Å². The predicted octanol–water partition coefficient (Wildman–Crippen LogP) is 3.48. The highest BCUT2D eigenvalue weighted by Crippen LogP contribution is 2.18. The number of furan rings is 1. The van der Waals surface area contributed by atoms with E-state index in [1.54, 1.807) is 47.6 Å². The van der Waals surface area contributed by atoms with Gasteiger partial charge in [-0.05, 0) is 31.0 Å². The minimum absolute atomic E-state index is 0.00823. The summed E-state index contributed by atoms with van der Waals surface area (Å²) in [4.78, 5) is 19.0. The number of rotatable bonds is 7. The van der Waals surface area contributed by atoms with E-state index in [2.05, 4.69) is 4.98 Å². The molecular weight excluding hydrogens is 361 g/mol. The molecule has 28 heavy (non-hydrogen) atoms. The number of hydrogen-bond acceptors (Lipinski definition) is 4. The van der Waals surface area contributed by atoms with E-state index in [4.69, 9.17) is 9.15 Å². The summed E-state index contributed by atoms with van der Waals surface area (Å²) >= 11 is 0.